The number of hydrogen-bond acceptors (Lipinski definition) is 7. The van der Waals surface area contributed by atoms with Gasteiger partial charge >= 0.3 is 7.82 Å². The van der Waals surface area contributed by atoms with Gasteiger partial charge in [-0.2, -0.15) is 0 Å². The van der Waals surface area contributed by atoms with E-state index in [1.54, 1.807) is 20.8 Å². The van der Waals surface area contributed by atoms with Crippen LogP contribution in [-0.4, -0.2) is 40.2 Å². The van der Waals surface area contributed by atoms with E-state index in [1.165, 1.54) is 21.3 Å². The van der Waals surface area contributed by atoms with Gasteiger partial charge in [0.25, 0.3) is 0 Å². The summed E-state index contributed by atoms with van der Waals surface area (Å²) in [5, 5.41) is 0. The van der Waals surface area contributed by atoms with Crippen molar-refractivity contribution in [2.75, 3.05) is 21.3 Å². The highest BCUT2D eigenvalue weighted by atomic mass is 31.2. The van der Waals surface area contributed by atoms with E-state index in [2.05, 4.69) is 0 Å². The van der Waals surface area contributed by atoms with Crippen molar-refractivity contribution in [1.82, 2.24) is 0 Å². The van der Waals surface area contributed by atoms with Crippen molar-refractivity contribution in [3.05, 3.63) is 0 Å². The second-order valence-corrected chi connectivity index (χ2v) is 4.70. The summed E-state index contributed by atoms with van der Waals surface area (Å²) in [6, 6.07) is 0. The molecule has 0 aromatic rings. The van der Waals surface area contributed by atoms with Crippen LogP contribution in [0.5, 0.6) is 0 Å². The van der Waals surface area contributed by atoms with Gasteiger partial charge in [0, 0.05) is 21.3 Å². The van der Waals surface area contributed by atoms with Crippen LogP contribution in [0.2, 0.25) is 0 Å². The topological polar surface area (TPSA) is 72.5 Å². The predicted molar refractivity (Wildman–Crippen MR) is 60.3 cm³/mol. The summed E-state index contributed by atoms with van der Waals surface area (Å²) in [5.74, 6) is 0. The van der Waals surface area contributed by atoms with Crippen molar-refractivity contribution in [3.63, 3.8) is 0 Å². The largest absolute Gasteiger partial charge is 0.481 e. The lowest BCUT2D eigenvalue weighted by Crippen LogP contribution is -2.19. The lowest BCUT2D eigenvalue weighted by molar-refractivity contribution is -0.129. The maximum atomic E-state index is 12.2. The third-order valence-corrected chi connectivity index (χ3v) is 3.49. The molecule has 0 rings (SSSR count). The normalized spacial score (nSPS) is 20.6. The molecule has 0 amide bonds. The summed E-state index contributed by atoms with van der Waals surface area (Å²) < 4.78 is 41.9. The van der Waals surface area contributed by atoms with Crippen LogP contribution in [0.15, 0.2) is 0 Å². The molecule has 0 aromatic heterocycles. The number of methoxy groups -OCH3 is 3. The Morgan fingerprint density at radius 3 is 1.12 bits per heavy atom. The Balaban J connectivity index is 4.62. The highest BCUT2D eigenvalue weighted by Crippen LogP contribution is 2.52. The Morgan fingerprint density at radius 2 is 0.941 bits per heavy atom. The summed E-state index contributed by atoms with van der Waals surface area (Å²) in [4.78, 5) is 0. The number of phosphoric ester groups is 1. The number of hydrogen-bond donors (Lipinski definition) is 0. The molecule has 7 nitrogen and oxygen atoms in total. The minimum Gasteiger partial charge on any atom is -0.356 e. The number of ether oxygens (including phenoxy) is 3. The molecular formula is C9H21O7P. The van der Waals surface area contributed by atoms with Gasteiger partial charge < -0.3 is 14.2 Å². The summed E-state index contributed by atoms with van der Waals surface area (Å²) >= 11 is 0. The van der Waals surface area contributed by atoms with Crippen molar-refractivity contribution in [3.8, 4) is 0 Å². The summed E-state index contributed by atoms with van der Waals surface area (Å²) in [6.45, 7) is 4.69. The Kier molecular flexibility index (Phi) is 8.15. The van der Waals surface area contributed by atoms with E-state index in [-0.39, 0.29) is 0 Å². The average molecular weight is 272 g/mol. The second-order valence-electron chi connectivity index (χ2n) is 3.17. The number of phosphoric acid groups is 1. The first-order valence-electron chi connectivity index (χ1n) is 5.10. The van der Waals surface area contributed by atoms with E-state index in [4.69, 9.17) is 27.8 Å². The Labute approximate surface area is 102 Å². The fourth-order valence-electron chi connectivity index (χ4n) is 0.749. The van der Waals surface area contributed by atoms with Crippen molar-refractivity contribution < 1.29 is 32.3 Å². The van der Waals surface area contributed by atoms with Crippen molar-refractivity contribution in [1.29, 1.82) is 0 Å². The molecular weight excluding hydrogens is 251 g/mol. The molecule has 0 aromatic carbocycles. The lowest BCUT2D eigenvalue weighted by atomic mass is 10.8. The Bertz CT molecular complexity index is 209. The van der Waals surface area contributed by atoms with Gasteiger partial charge in [-0.15, -0.1) is 0 Å². The molecule has 0 N–H and O–H groups in total. The molecule has 0 aliphatic rings. The van der Waals surface area contributed by atoms with Crippen LogP contribution in [0.4, 0.5) is 0 Å². The fraction of sp³-hybridized carbons (Fsp3) is 1.00. The van der Waals surface area contributed by atoms with Gasteiger partial charge in [0.15, 0.2) is 18.9 Å². The molecule has 3 unspecified atom stereocenters. The zero-order valence-corrected chi connectivity index (χ0v) is 11.9. The summed E-state index contributed by atoms with van der Waals surface area (Å²) in [7, 11) is 0.421. The monoisotopic (exact) mass is 272 g/mol. The quantitative estimate of drug-likeness (QED) is 0.470. The highest BCUT2D eigenvalue weighted by molar-refractivity contribution is 7.48. The van der Waals surface area contributed by atoms with E-state index >= 15 is 0 Å². The molecule has 0 radical (unpaired) electrons. The zero-order chi connectivity index (χ0) is 13.5. The van der Waals surface area contributed by atoms with Crippen LogP contribution >= 0.6 is 7.82 Å². The van der Waals surface area contributed by atoms with Gasteiger partial charge in [-0.05, 0) is 20.8 Å². The molecule has 104 valence electrons. The van der Waals surface area contributed by atoms with E-state index < -0.39 is 26.7 Å². The first kappa shape index (κ1) is 17.0. The highest BCUT2D eigenvalue weighted by Gasteiger charge is 2.34. The standard InChI is InChI=1S/C9H21O7P/c1-7(11-4)14-17(10,15-8(2)12-5)16-9(3)13-6/h7-9H,1-6H3. The number of rotatable bonds is 9. The van der Waals surface area contributed by atoms with Crippen LogP contribution in [0, 0.1) is 0 Å². The Hall–Kier alpha value is -0.0100. The van der Waals surface area contributed by atoms with E-state index in [0.29, 0.717) is 0 Å². The molecule has 0 bridgehead atoms. The molecule has 0 saturated carbocycles. The van der Waals surface area contributed by atoms with Crippen LogP contribution < -0.4 is 0 Å². The van der Waals surface area contributed by atoms with Gasteiger partial charge in [-0.25, -0.2) is 4.57 Å². The average Bonchev–Trinajstić information content (AvgIpc) is 2.27. The van der Waals surface area contributed by atoms with E-state index in [9.17, 15) is 4.57 Å². The molecule has 3 atom stereocenters. The van der Waals surface area contributed by atoms with Gasteiger partial charge in [-0.3, -0.25) is 13.6 Å². The minimum atomic E-state index is -3.81. The fourth-order valence-corrected chi connectivity index (χ4v) is 2.25. The zero-order valence-electron chi connectivity index (χ0n) is 11.0. The third-order valence-electron chi connectivity index (χ3n) is 1.83. The summed E-state index contributed by atoms with van der Waals surface area (Å²) in [6.07, 6.45) is -2.23. The SMILES string of the molecule is COC(C)OP(=O)(OC(C)OC)OC(C)OC. The molecule has 0 aliphatic carbocycles. The maximum absolute atomic E-state index is 12.2. The smallest absolute Gasteiger partial charge is 0.356 e. The van der Waals surface area contributed by atoms with Crippen molar-refractivity contribution in [2.45, 2.75) is 39.6 Å². The van der Waals surface area contributed by atoms with E-state index in [0.717, 1.165) is 0 Å². The first-order valence-corrected chi connectivity index (χ1v) is 6.56. The maximum Gasteiger partial charge on any atom is 0.481 e. The lowest BCUT2D eigenvalue weighted by Gasteiger charge is -2.25. The molecule has 0 fully saturated rings. The molecule has 8 heteroatoms. The Morgan fingerprint density at radius 1 is 0.706 bits per heavy atom. The second kappa shape index (κ2) is 8.16. The van der Waals surface area contributed by atoms with Gasteiger partial charge in [0.05, 0.1) is 0 Å². The predicted octanol–water partition coefficient (Wildman–Crippen LogP) is 2.12. The molecule has 0 saturated heterocycles. The van der Waals surface area contributed by atoms with Crippen molar-refractivity contribution in [2.24, 2.45) is 0 Å². The molecule has 0 spiro atoms. The van der Waals surface area contributed by atoms with Crippen LogP contribution in [0.1, 0.15) is 20.8 Å². The van der Waals surface area contributed by atoms with E-state index in [1.807, 2.05) is 0 Å². The molecule has 0 heterocycles. The van der Waals surface area contributed by atoms with Crippen LogP contribution in [0.25, 0.3) is 0 Å². The van der Waals surface area contributed by atoms with Crippen LogP contribution in [-0.2, 0) is 32.3 Å². The van der Waals surface area contributed by atoms with Gasteiger partial charge in [0.2, 0.25) is 0 Å². The van der Waals surface area contributed by atoms with Gasteiger partial charge in [-0.1, -0.05) is 0 Å². The van der Waals surface area contributed by atoms with Gasteiger partial charge in [0.1, 0.15) is 0 Å². The summed E-state index contributed by atoms with van der Waals surface area (Å²) in [5.41, 5.74) is 0. The minimum absolute atomic E-state index is 0.742. The third kappa shape index (κ3) is 7.10. The molecule has 0 aliphatic heterocycles. The van der Waals surface area contributed by atoms with Crippen molar-refractivity contribution >= 4 is 7.82 Å². The molecule has 17 heavy (non-hydrogen) atoms. The first-order chi connectivity index (χ1) is 7.86. The van der Waals surface area contributed by atoms with Crippen LogP contribution in [0.3, 0.4) is 0 Å².